The van der Waals surface area contributed by atoms with Gasteiger partial charge in [0.15, 0.2) is 0 Å². The van der Waals surface area contributed by atoms with Crippen LogP contribution in [0.4, 0.5) is 4.79 Å². The molecule has 0 radical (unpaired) electrons. The van der Waals surface area contributed by atoms with Crippen LogP contribution in [0.1, 0.15) is 44.2 Å². The molecular weight excluding hydrogens is 622 g/mol. The standard InChI is InChI=1S/C36H53NO11/c1-36(2,3)48-34(38)12-14-40-16-18-42-20-22-44-24-26-46-27-25-45-23-21-43-19-17-41-15-13-37-35(39)47-28-33-31-10-6-4-8-29(31)30-9-5-7-11-32(30)33/h4-11,33H,12-28H2,1-3H3,(H,37,39). The first-order valence-corrected chi connectivity index (χ1v) is 16.7. The van der Waals surface area contributed by atoms with Crippen LogP contribution in [0.5, 0.6) is 0 Å². The van der Waals surface area contributed by atoms with Crippen molar-refractivity contribution in [3.8, 4) is 11.1 Å². The molecule has 0 unspecified atom stereocenters. The van der Waals surface area contributed by atoms with E-state index in [1.807, 2.05) is 45.0 Å². The molecule has 0 fully saturated rings. The lowest BCUT2D eigenvalue weighted by atomic mass is 9.98. The van der Waals surface area contributed by atoms with Crippen LogP contribution in [-0.4, -0.2) is 123 Å². The van der Waals surface area contributed by atoms with Gasteiger partial charge in [0.25, 0.3) is 0 Å². The molecule has 0 heterocycles. The minimum Gasteiger partial charge on any atom is -0.460 e. The maximum atomic E-state index is 12.2. The van der Waals surface area contributed by atoms with Crippen molar-refractivity contribution in [3.05, 3.63) is 59.7 Å². The Hall–Kier alpha value is -3.10. The second-order valence-electron chi connectivity index (χ2n) is 11.9. The van der Waals surface area contributed by atoms with Crippen molar-refractivity contribution in [2.45, 2.75) is 38.7 Å². The quantitative estimate of drug-likeness (QED) is 0.113. The Bertz CT molecular complexity index is 1140. The van der Waals surface area contributed by atoms with Gasteiger partial charge in [0.2, 0.25) is 0 Å². The molecule has 0 aromatic heterocycles. The molecule has 12 heteroatoms. The zero-order valence-corrected chi connectivity index (χ0v) is 28.7. The van der Waals surface area contributed by atoms with E-state index in [1.165, 1.54) is 22.3 Å². The molecule has 0 spiro atoms. The Morgan fingerprint density at radius 1 is 0.583 bits per heavy atom. The number of alkyl carbamates (subject to hydrolysis) is 1. The SMILES string of the molecule is CC(C)(C)OC(=O)CCOCCOCCOCCOCCOCCOCCOCCNC(=O)OCC1c2ccccc2-c2ccccc21. The van der Waals surface area contributed by atoms with Crippen LogP contribution in [0.2, 0.25) is 0 Å². The fourth-order valence-corrected chi connectivity index (χ4v) is 4.84. The summed E-state index contributed by atoms with van der Waals surface area (Å²) in [7, 11) is 0. The Labute approximate surface area is 284 Å². The van der Waals surface area contributed by atoms with Gasteiger partial charge in [-0.2, -0.15) is 0 Å². The van der Waals surface area contributed by atoms with Gasteiger partial charge in [-0.3, -0.25) is 4.79 Å². The lowest BCUT2D eigenvalue weighted by Crippen LogP contribution is -2.29. The first-order valence-electron chi connectivity index (χ1n) is 16.7. The van der Waals surface area contributed by atoms with E-state index in [2.05, 4.69) is 29.6 Å². The van der Waals surface area contributed by atoms with E-state index >= 15 is 0 Å². The second-order valence-corrected chi connectivity index (χ2v) is 11.9. The van der Waals surface area contributed by atoms with Crippen molar-refractivity contribution in [3.63, 3.8) is 0 Å². The number of nitrogens with one attached hydrogen (secondary N) is 1. The summed E-state index contributed by atoms with van der Waals surface area (Å²) in [6.45, 7) is 12.3. The molecule has 12 nitrogen and oxygen atoms in total. The Kier molecular flexibility index (Phi) is 19.1. The molecular formula is C36H53NO11. The summed E-state index contributed by atoms with van der Waals surface area (Å²) in [4.78, 5) is 23.8. The Morgan fingerprint density at radius 3 is 1.42 bits per heavy atom. The summed E-state index contributed by atoms with van der Waals surface area (Å²) >= 11 is 0. The third-order valence-corrected chi connectivity index (χ3v) is 6.96. The summed E-state index contributed by atoms with van der Waals surface area (Å²) < 4.78 is 49.0. The summed E-state index contributed by atoms with van der Waals surface area (Å²) in [5.74, 6) is -0.233. The number of ether oxygens (including phenoxy) is 9. The third kappa shape index (κ3) is 16.3. The summed E-state index contributed by atoms with van der Waals surface area (Å²) in [5, 5.41) is 2.74. The van der Waals surface area contributed by atoms with Gasteiger partial charge >= 0.3 is 12.1 Å². The second kappa shape index (κ2) is 23.3. The summed E-state index contributed by atoms with van der Waals surface area (Å²) in [6, 6.07) is 16.5. The lowest BCUT2D eigenvalue weighted by Gasteiger charge is -2.19. The van der Waals surface area contributed by atoms with Gasteiger partial charge in [-0.1, -0.05) is 48.5 Å². The monoisotopic (exact) mass is 675 g/mol. The smallest absolute Gasteiger partial charge is 0.407 e. The van der Waals surface area contributed by atoms with Crippen LogP contribution < -0.4 is 5.32 Å². The van der Waals surface area contributed by atoms with Gasteiger partial charge in [-0.05, 0) is 43.0 Å². The lowest BCUT2D eigenvalue weighted by molar-refractivity contribution is -0.156. The van der Waals surface area contributed by atoms with Crippen LogP contribution >= 0.6 is 0 Å². The number of esters is 1. The van der Waals surface area contributed by atoms with Crippen molar-refractivity contribution in [2.24, 2.45) is 0 Å². The molecule has 1 amide bonds. The first kappa shape index (κ1) is 39.3. The van der Waals surface area contributed by atoms with Gasteiger partial charge in [0, 0.05) is 12.5 Å². The number of rotatable bonds is 26. The summed E-state index contributed by atoms with van der Waals surface area (Å²) in [6.07, 6.45) is -0.228. The van der Waals surface area contributed by atoms with Crippen LogP contribution in [-0.2, 0) is 47.4 Å². The van der Waals surface area contributed by atoms with E-state index in [0.29, 0.717) is 99.0 Å². The molecule has 1 N–H and O–H groups in total. The minimum atomic E-state index is -0.478. The molecule has 1 aliphatic carbocycles. The highest BCUT2D eigenvalue weighted by Crippen LogP contribution is 2.44. The van der Waals surface area contributed by atoms with Crippen molar-refractivity contribution in [1.29, 1.82) is 0 Å². The number of hydrogen-bond donors (Lipinski definition) is 1. The number of benzene rings is 2. The van der Waals surface area contributed by atoms with E-state index in [4.69, 9.17) is 42.6 Å². The molecule has 2 aromatic carbocycles. The number of hydrogen-bond acceptors (Lipinski definition) is 11. The van der Waals surface area contributed by atoms with Crippen LogP contribution in [0.15, 0.2) is 48.5 Å². The van der Waals surface area contributed by atoms with Crippen LogP contribution in [0, 0.1) is 0 Å². The highest BCUT2D eigenvalue weighted by Gasteiger charge is 2.29. The normalized spacial score (nSPS) is 12.5. The van der Waals surface area contributed by atoms with E-state index in [9.17, 15) is 9.59 Å². The van der Waals surface area contributed by atoms with E-state index in [1.54, 1.807) is 0 Å². The molecule has 1 aliphatic rings. The third-order valence-electron chi connectivity index (χ3n) is 6.96. The highest BCUT2D eigenvalue weighted by atomic mass is 16.6. The molecule has 2 aromatic rings. The van der Waals surface area contributed by atoms with E-state index < -0.39 is 11.7 Å². The van der Waals surface area contributed by atoms with Gasteiger partial charge in [-0.15, -0.1) is 0 Å². The molecule has 0 saturated carbocycles. The van der Waals surface area contributed by atoms with E-state index in [-0.39, 0.29) is 24.9 Å². The average molecular weight is 676 g/mol. The van der Waals surface area contributed by atoms with Crippen molar-refractivity contribution in [2.75, 3.05) is 106 Å². The maximum Gasteiger partial charge on any atom is 0.407 e. The van der Waals surface area contributed by atoms with E-state index in [0.717, 1.165) is 0 Å². The highest BCUT2D eigenvalue weighted by molar-refractivity contribution is 5.79. The molecule has 0 aliphatic heterocycles. The maximum absolute atomic E-state index is 12.2. The zero-order chi connectivity index (χ0) is 34.3. The topological polar surface area (TPSA) is 129 Å². The van der Waals surface area contributed by atoms with Crippen LogP contribution in [0.25, 0.3) is 11.1 Å². The van der Waals surface area contributed by atoms with Crippen molar-refractivity contribution >= 4 is 12.1 Å². The number of fused-ring (bicyclic) bond motifs is 3. The number of carbonyl (C=O) groups excluding carboxylic acids is 2. The van der Waals surface area contributed by atoms with Crippen molar-refractivity contribution in [1.82, 2.24) is 5.32 Å². The van der Waals surface area contributed by atoms with Gasteiger partial charge in [0.1, 0.15) is 12.2 Å². The van der Waals surface area contributed by atoms with Gasteiger partial charge in [-0.25, -0.2) is 4.79 Å². The average Bonchev–Trinajstić information content (AvgIpc) is 3.38. The fraction of sp³-hybridized carbons (Fsp3) is 0.611. The minimum absolute atomic E-state index is 0.0359. The largest absolute Gasteiger partial charge is 0.460 e. The predicted molar refractivity (Wildman–Crippen MR) is 179 cm³/mol. The first-order chi connectivity index (χ1) is 23.3. The number of carbonyl (C=O) groups is 2. The fourth-order valence-electron chi connectivity index (χ4n) is 4.84. The summed E-state index contributed by atoms with van der Waals surface area (Å²) in [5.41, 5.74) is 4.29. The van der Waals surface area contributed by atoms with Gasteiger partial charge in [0.05, 0.1) is 98.9 Å². The van der Waals surface area contributed by atoms with Crippen molar-refractivity contribution < 1.29 is 52.2 Å². The number of amides is 1. The molecule has 268 valence electrons. The zero-order valence-electron chi connectivity index (χ0n) is 28.7. The Balaban J connectivity index is 1.00. The van der Waals surface area contributed by atoms with Gasteiger partial charge < -0.3 is 47.9 Å². The molecule has 3 rings (SSSR count). The molecule has 0 bridgehead atoms. The predicted octanol–water partition coefficient (Wildman–Crippen LogP) is 4.37. The van der Waals surface area contributed by atoms with Crippen LogP contribution in [0.3, 0.4) is 0 Å². The molecule has 48 heavy (non-hydrogen) atoms. The molecule has 0 saturated heterocycles. The molecule has 0 atom stereocenters. The Morgan fingerprint density at radius 2 is 0.979 bits per heavy atom.